The molecule has 3 nitrogen and oxygen atoms in total. The van der Waals surface area contributed by atoms with Gasteiger partial charge in [-0.25, -0.2) is 0 Å². The minimum atomic E-state index is 0.0222. The Hall–Kier alpha value is -0.930. The average Bonchev–Trinajstić information content (AvgIpc) is 2.69. The molecule has 1 aromatic heterocycles. The number of aromatic nitrogens is 1. The van der Waals surface area contributed by atoms with E-state index in [-0.39, 0.29) is 12.0 Å². The van der Waals surface area contributed by atoms with Crippen molar-refractivity contribution in [1.29, 1.82) is 0 Å². The third-order valence-corrected chi connectivity index (χ3v) is 2.95. The number of nitrogens with zero attached hydrogens (tertiary/aromatic N) is 1. The number of hydrogen-bond acceptors (Lipinski definition) is 3. The van der Waals surface area contributed by atoms with Crippen LogP contribution in [0.5, 0.6) is 0 Å². The van der Waals surface area contributed by atoms with Crippen LogP contribution < -0.4 is 5.32 Å². The van der Waals surface area contributed by atoms with Gasteiger partial charge < -0.3 is 10.4 Å². The van der Waals surface area contributed by atoms with Gasteiger partial charge >= 0.3 is 0 Å². The van der Waals surface area contributed by atoms with E-state index in [9.17, 15) is 5.11 Å². The van der Waals surface area contributed by atoms with E-state index in [0.717, 1.165) is 31.6 Å². The molecule has 0 spiro atoms. The largest absolute Gasteiger partial charge is 0.396 e. The van der Waals surface area contributed by atoms with Crippen molar-refractivity contribution in [2.75, 3.05) is 19.7 Å². The second-order valence-electron chi connectivity index (χ2n) is 4.08. The highest BCUT2D eigenvalue weighted by Gasteiger charge is 2.33. The molecule has 2 N–H and O–H groups in total. The molecule has 0 aliphatic carbocycles. The molecule has 0 aromatic carbocycles. The fourth-order valence-electron chi connectivity index (χ4n) is 2.02. The van der Waals surface area contributed by atoms with Crippen molar-refractivity contribution in [3.8, 4) is 0 Å². The Kier molecular flexibility index (Phi) is 2.79. The van der Waals surface area contributed by atoms with Gasteiger partial charge in [0.05, 0.1) is 6.61 Å². The first-order valence-electron chi connectivity index (χ1n) is 5.06. The van der Waals surface area contributed by atoms with Gasteiger partial charge in [-0.1, -0.05) is 6.07 Å². The summed E-state index contributed by atoms with van der Waals surface area (Å²) in [7, 11) is 0. The molecule has 0 saturated carbocycles. The zero-order valence-corrected chi connectivity index (χ0v) is 8.24. The van der Waals surface area contributed by atoms with Crippen molar-refractivity contribution in [3.05, 3.63) is 30.1 Å². The lowest BCUT2D eigenvalue weighted by Gasteiger charge is -2.24. The number of hydrogen-bond donors (Lipinski definition) is 2. The number of aliphatic hydroxyl groups excluding tert-OH is 1. The van der Waals surface area contributed by atoms with Gasteiger partial charge in [-0.2, -0.15) is 0 Å². The summed E-state index contributed by atoms with van der Waals surface area (Å²) in [5.41, 5.74) is 1.10. The molecule has 2 heterocycles. The summed E-state index contributed by atoms with van der Waals surface area (Å²) >= 11 is 0. The summed E-state index contributed by atoms with van der Waals surface area (Å²) in [6.07, 6.45) is 3.72. The first kappa shape index (κ1) is 9.62. The van der Waals surface area contributed by atoms with E-state index in [1.165, 1.54) is 0 Å². The third kappa shape index (κ3) is 1.94. The van der Waals surface area contributed by atoms with E-state index < -0.39 is 0 Å². The molecular weight excluding hydrogens is 176 g/mol. The van der Waals surface area contributed by atoms with Gasteiger partial charge in [0.2, 0.25) is 0 Å². The second-order valence-corrected chi connectivity index (χ2v) is 4.08. The smallest absolute Gasteiger partial charge is 0.0503 e. The minimum Gasteiger partial charge on any atom is -0.396 e. The van der Waals surface area contributed by atoms with Crippen molar-refractivity contribution in [2.24, 2.45) is 5.41 Å². The van der Waals surface area contributed by atoms with E-state index in [1.54, 1.807) is 0 Å². The van der Waals surface area contributed by atoms with E-state index in [1.807, 2.05) is 24.4 Å². The molecule has 1 aliphatic rings. The van der Waals surface area contributed by atoms with E-state index in [4.69, 9.17) is 0 Å². The van der Waals surface area contributed by atoms with Gasteiger partial charge in [0.1, 0.15) is 0 Å². The highest BCUT2D eigenvalue weighted by Crippen LogP contribution is 2.28. The van der Waals surface area contributed by atoms with E-state index in [2.05, 4.69) is 10.3 Å². The fraction of sp³-hybridized carbons (Fsp3) is 0.545. The maximum absolute atomic E-state index is 9.41. The molecule has 1 saturated heterocycles. The van der Waals surface area contributed by atoms with Crippen LogP contribution in [0.15, 0.2) is 24.4 Å². The first-order valence-corrected chi connectivity index (χ1v) is 5.06. The van der Waals surface area contributed by atoms with Crippen LogP contribution in [0, 0.1) is 5.41 Å². The topological polar surface area (TPSA) is 45.2 Å². The molecule has 1 fully saturated rings. The van der Waals surface area contributed by atoms with Gasteiger partial charge in [0.15, 0.2) is 0 Å². The molecular formula is C11H16N2O. The summed E-state index contributed by atoms with van der Waals surface area (Å²) in [6.45, 7) is 2.16. The molecule has 2 rings (SSSR count). The van der Waals surface area contributed by atoms with Gasteiger partial charge in [-0.05, 0) is 31.5 Å². The molecule has 1 aromatic rings. The van der Waals surface area contributed by atoms with E-state index in [0.29, 0.717) is 0 Å². The van der Waals surface area contributed by atoms with Crippen molar-refractivity contribution >= 4 is 0 Å². The van der Waals surface area contributed by atoms with Crippen LogP contribution in [-0.2, 0) is 6.42 Å². The van der Waals surface area contributed by atoms with Crippen LogP contribution in [0.2, 0.25) is 0 Å². The molecule has 1 unspecified atom stereocenters. The third-order valence-electron chi connectivity index (χ3n) is 2.95. The van der Waals surface area contributed by atoms with Crippen LogP contribution in [0.25, 0.3) is 0 Å². The molecule has 0 bridgehead atoms. The monoisotopic (exact) mass is 192 g/mol. The zero-order valence-electron chi connectivity index (χ0n) is 8.24. The standard InChI is InChI=1S/C11H16N2O/c14-9-11(4-6-12-8-11)7-10-3-1-2-5-13-10/h1-3,5,12,14H,4,6-9H2. The van der Waals surface area contributed by atoms with E-state index >= 15 is 0 Å². The highest BCUT2D eigenvalue weighted by atomic mass is 16.3. The Balaban J connectivity index is 2.08. The normalized spacial score (nSPS) is 26.6. The van der Waals surface area contributed by atoms with Gasteiger partial charge in [-0.3, -0.25) is 4.98 Å². The Morgan fingerprint density at radius 1 is 1.50 bits per heavy atom. The second kappa shape index (κ2) is 4.07. The zero-order chi connectivity index (χ0) is 9.86. The SMILES string of the molecule is OCC1(Cc2ccccn2)CCNC1. The molecule has 14 heavy (non-hydrogen) atoms. The van der Waals surface area contributed by atoms with Crippen molar-refractivity contribution in [3.63, 3.8) is 0 Å². The fourth-order valence-corrected chi connectivity index (χ4v) is 2.02. The van der Waals surface area contributed by atoms with Crippen LogP contribution in [0.3, 0.4) is 0 Å². The summed E-state index contributed by atoms with van der Waals surface area (Å²) in [5, 5.41) is 12.7. The quantitative estimate of drug-likeness (QED) is 0.737. The number of aliphatic hydroxyl groups is 1. The number of rotatable bonds is 3. The molecule has 1 atom stereocenters. The van der Waals surface area contributed by atoms with Crippen molar-refractivity contribution in [2.45, 2.75) is 12.8 Å². The maximum Gasteiger partial charge on any atom is 0.0503 e. The minimum absolute atomic E-state index is 0.0222. The molecule has 76 valence electrons. The average molecular weight is 192 g/mol. The van der Waals surface area contributed by atoms with Crippen LogP contribution in [0.1, 0.15) is 12.1 Å². The molecule has 0 amide bonds. The Morgan fingerprint density at radius 2 is 2.43 bits per heavy atom. The lowest BCUT2D eigenvalue weighted by molar-refractivity contribution is 0.142. The maximum atomic E-state index is 9.41. The Bertz CT molecular complexity index is 281. The van der Waals surface area contributed by atoms with Crippen LogP contribution in [0.4, 0.5) is 0 Å². The highest BCUT2D eigenvalue weighted by molar-refractivity contribution is 5.08. The number of pyridine rings is 1. The summed E-state index contributed by atoms with van der Waals surface area (Å²) in [6, 6.07) is 5.94. The summed E-state index contributed by atoms with van der Waals surface area (Å²) in [4.78, 5) is 4.30. The van der Waals surface area contributed by atoms with Gasteiger partial charge in [-0.15, -0.1) is 0 Å². The van der Waals surface area contributed by atoms with Crippen LogP contribution >= 0.6 is 0 Å². The van der Waals surface area contributed by atoms with Crippen molar-refractivity contribution in [1.82, 2.24) is 10.3 Å². The predicted octanol–water partition coefficient (Wildman–Crippen LogP) is 0.596. The molecule has 1 aliphatic heterocycles. The lowest BCUT2D eigenvalue weighted by Crippen LogP contribution is -2.30. The Morgan fingerprint density at radius 3 is 3.00 bits per heavy atom. The molecule has 3 heteroatoms. The number of nitrogens with one attached hydrogen (secondary N) is 1. The van der Waals surface area contributed by atoms with Gasteiger partial charge in [0, 0.05) is 23.9 Å². The molecule has 0 radical (unpaired) electrons. The first-order chi connectivity index (χ1) is 6.85. The van der Waals surface area contributed by atoms with Crippen LogP contribution in [-0.4, -0.2) is 29.8 Å². The summed E-state index contributed by atoms with van der Waals surface area (Å²) < 4.78 is 0. The van der Waals surface area contributed by atoms with Gasteiger partial charge in [0.25, 0.3) is 0 Å². The van der Waals surface area contributed by atoms with Crippen molar-refractivity contribution < 1.29 is 5.11 Å². The Labute approximate surface area is 84.2 Å². The lowest BCUT2D eigenvalue weighted by atomic mass is 9.83. The predicted molar refractivity (Wildman–Crippen MR) is 54.9 cm³/mol. The summed E-state index contributed by atoms with van der Waals surface area (Å²) in [5.74, 6) is 0.